The summed E-state index contributed by atoms with van der Waals surface area (Å²) >= 11 is -2.39. The van der Waals surface area contributed by atoms with Gasteiger partial charge in [0.25, 0.3) is 0 Å². The molecule has 1 N–H and O–H groups in total. The highest BCUT2D eigenvalue weighted by molar-refractivity contribution is 7.77. The highest BCUT2D eigenvalue weighted by Gasteiger charge is 2.19. The van der Waals surface area contributed by atoms with Gasteiger partial charge in [-0.05, 0) is 48.7 Å². The maximum absolute atomic E-state index is 14.5. The Bertz CT molecular complexity index is 1350. The van der Waals surface area contributed by atoms with Crippen molar-refractivity contribution in [2.45, 2.75) is 12.8 Å². The van der Waals surface area contributed by atoms with Crippen LogP contribution in [0.5, 0.6) is 0 Å². The standard InChI is InChI=1S/C24H19F2N3O3S/c25-19-12-15(5-4-10-28-33(31)32)11-18(23(19)26)24(30)17-8-9-20-21(13-17)29-22(14-27-20)16-6-2-1-3-7-16/h1-3,6-9,11-14,28H,4-5,10H2,(H,31,32)/p-1. The van der Waals surface area contributed by atoms with Crippen molar-refractivity contribution in [3.05, 3.63) is 95.2 Å². The number of ketones is 1. The minimum Gasteiger partial charge on any atom is -0.760 e. The maximum Gasteiger partial charge on any atom is 0.196 e. The number of carbonyl (C=O) groups excluding carboxylic acids is 1. The van der Waals surface area contributed by atoms with Gasteiger partial charge in [-0.2, -0.15) is 0 Å². The van der Waals surface area contributed by atoms with E-state index in [-0.39, 0.29) is 18.5 Å². The molecule has 0 aliphatic rings. The summed E-state index contributed by atoms with van der Waals surface area (Å²) < 4.78 is 51.9. The molecule has 1 atom stereocenters. The Morgan fingerprint density at radius 2 is 1.82 bits per heavy atom. The molecule has 1 aromatic heterocycles. The molecule has 0 fully saturated rings. The van der Waals surface area contributed by atoms with Crippen molar-refractivity contribution in [1.29, 1.82) is 0 Å². The molecule has 1 heterocycles. The summed E-state index contributed by atoms with van der Waals surface area (Å²) in [5.41, 5.74) is 2.66. The molecule has 1 unspecified atom stereocenters. The first-order valence-electron chi connectivity index (χ1n) is 10.1. The maximum atomic E-state index is 14.5. The van der Waals surface area contributed by atoms with E-state index in [0.29, 0.717) is 28.7 Å². The van der Waals surface area contributed by atoms with E-state index < -0.39 is 34.2 Å². The predicted molar refractivity (Wildman–Crippen MR) is 120 cm³/mol. The van der Waals surface area contributed by atoms with Gasteiger partial charge in [0, 0.05) is 28.9 Å². The zero-order valence-corrected chi connectivity index (χ0v) is 18.1. The van der Waals surface area contributed by atoms with E-state index in [9.17, 15) is 22.3 Å². The molecule has 6 nitrogen and oxygen atoms in total. The molecule has 0 radical (unpaired) electrons. The molecule has 0 saturated heterocycles. The Hall–Kier alpha value is -3.40. The van der Waals surface area contributed by atoms with Crippen LogP contribution in [-0.4, -0.2) is 31.1 Å². The Kier molecular flexibility index (Phi) is 6.93. The third-order valence-corrected chi connectivity index (χ3v) is 5.51. The first-order chi connectivity index (χ1) is 15.9. The van der Waals surface area contributed by atoms with Crippen LogP contribution in [0.15, 0.2) is 66.9 Å². The number of aromatic nitrogens is 2. The number of hydrogen-bond donors (Lipinski definition) is 1. The largest absolute Gasteiger partial charge is 0.760 e. The summed E-state index contributed by atoms with van der Waals surface area (Å²) in [5.74, 6) is -3.05. The van der Waals surface area contributed by atoms with Gasteiger partial charge in [0.05, 0.1) is 28.5 Å². The van der Waals surface area contributed by atoms with Gasteiger partial charge in [0.1, 0.15) is 0 Å². The molecule has 0 amide bonds. The second kappa shape index (κ2) is 10.0. The normalized spacial score (nSPS) is 12.1. The molecule has 0 spiro atoms. The zero-order valence-electron chi connectivity index (χ0n) is 17.3. The van der Waals surface area contributed by atoms with Gasteiger partial charge in [-0.25, -0.2) is 18.5 Å². The van der Waals surface area contributed by atoms with Crippen LogP contribution in [0.3, 0.4) is 0 Å². The predicted octanol–water partition coefficient (Wildman–Crippen LogP) is 4.12. The smallest absolute Gasteiger partial charge is 0.196 e. The molecule has 33 heavy (non-hydrogen) atoms. The van der Waals surface area contributed by atoms with Gasteiger partial charge in [0.2, 0.25) is 0 Å². The lowest BCUT2D eigenvalue weighted by Gasteiger charge is -2.10. The summed E-state index contributed by atoms with van der Waals surface area (Å²) in [4.78, 5) is 22.0. The van der Waals surface area contributed by atoms with E-state index in [1.807, 2.05) is 30.3 Å². The fraction of sp³-hybridized carbons (Fsp3) is 0.125. The summed E-state index contributed by atoms with van der Waals surface area (Å²) in [6.07, 6.45) is 2.26. The Balaban J connectivity index is 1.64. The van der Waals surface area contributed by atoms with Crippen LogP contribution in [0.4, 0.5) is 8.78 Å². The van der Waals surface area contributed by atoms with Crippen LogP contribution in [0.25, 0.3) is 22.3 Å². The Morgan fingerprint density at radius 3 is 2.58 bits per heavy atom. The van der Waals surface area contributed by atoms with Crippen molar-refractivity contribution in [3.63, 3.8) is 0 Å². The van der Waals surface area contributed by atoms with Crippen molar-refractivity contribution in [2.75, 3.05) is 6.54 Å². The number of carbonyl (C=O) groups is 1. The molecule has 4 rings (SSSR count). The van der Waals surface area contributed by atoms with Gasteiger partial charge < -0.3 is 4.55 Å². The van der Waals surface area contributed by atoms with Crippen LogP contribution in [0, 0.1) is 11.6 Å². The second-order valence-electron chi connectivity index (χ2n) is 7.33. The SMILES string of the molecule is O=C(c1ccc2ncc(-c3ccccc3)nc2c1)c1cc(CCCNS(=O)[O-])cc(F)c1F. The van der Waals surface area contributed by atoms with E-state index in [1.165, 1.54) is 18.2 Å². The van der Waals surface area contributed by atoms with Gasteiger partial charge >= 0.3 is 0 Å². The van der Waals surface area contributed by atoms with Crippen LogP contribution < -0.4 is 4.72 Å². The fourth-order valence-electron chi connectivity index (χ4n) is 3.46. The minimum atomic E-state index is -2.39. The van der Waals surface area contributed by atoms with Crippen molar-refractivity contribution >= 4 is 28.1 Å². The number of fused-ring (bicyclic) bond motifs is 1. The van der Waals surface area contributed by atoms with Crippen LogP contribution >= 0.6 is 0 Å². The molecular weight excluding hydrogens is 448 g/mol. The quantitative estimate of drug-likeness (QED) is 0.239. The van der Waals surface area contributed by atoms with Gasteiger partial charge in [-0.3, -0.25) is 14.0 Å². The van der Waals surface area contributed by atoms with Gasteiger partial charge in [-0.15, -0.1) is 0 Å². The number of nitrogens with zero attached hydrogens (tertiary/aromatic N) is 2. The highest BCUT2D eigenvalue weighted by Crippen LogP contribution is 2.23. The van der Waals surface area contributed by atoms with Crippen LogP contribution in [0.1, 0.15) is 27.9 Å². The third-order valence-electron chi connectivity index (χ3n) is 5.07. The molecule has 3 aromatic carbocycles. The van der Waals surface area contributed by atoms with E-state index in [4.69, 9.17) is 0 Å². The van der Waals surface area contributed by atoms with Gasteiger partial charge in [-0.1, -0.05) is 30.3 Å². The monoisotopic (exact) mass is 466 g/mol. The summed E-state index contributed by atoms with van der Waals surface area (Å²) in [7, 11) is 0. The molecular formula is C24H18F2N3O3S-. The van der Waals surface area contributed by atoms with E-state index in [1.54, 1.807) is 12.3 Å². The van der Waals surface area contributed by atoms with Crippen molar-refractivity contribution in [2.24, 2.45) is 0 Å². The molecule has 9 heteroatoms. The van der Waals surface area contributed by atoms with Crippen molar-refractivity contribution in [3.8, 4) is 11.3 Å². The summed E-state index contributed by atoms with van der Waals surface area (Å²) in [6.45, 7) is 0.144. The highest BCUT2D eigenvalue weighted by atomic mass is 32.2. The van der Waals surface area contributed by atoms with Crippen LogP contribution in [-0.2, 0) is 17.7 Å². The first-order valence-corrected chi connectivity index (χ1v) is 11.2. The van der Waals surface area contributed by atoms with E-state index >= 15 is 0 Å². The number of benzene rings is 3. The number of rotatable bonds is 8. The number of nitrogens with one attached hydrogen (secondary N) is 1. The first kappa shape index (κ1) is 22.8. The lowest BCUT2D eigenvalue weighted by molar-refractivity contribution is 0.103. The molecule has 4 aromatic rings. The third kappa shape index (κ3) is 5.33. The molecule has 168 valence electrons. The topological polar surface area (TPSA) is 95.0 Å². The number of aryl methyl sites for hydroxylation is 1. The second-order valence-corrected chi connectivity index (χ2v) is 8.08. The molecule has 0 aliphatic carbocycles. The number of hydrogen-bond acceptors (Lipinski definition) is 5. The van der Waals surface area contributed by atoms with Crippen molar-refractivity contribution in [1.82, 2.24) is 14.7 Å². The van der Waals surface area contributed by atoms with Crippen molar-refractivity contribution < 1.29 is 22.3 Å². The zero-order chi connectivity index (χ0) is 23.4. The minimum absolute atomic E-state index is 0.144. The summed E-state index contributed by atoms with van der Waals surface area (Å²) in [6, 6.07) is 16.3. The number of halogens is 2. The molecule has 0 aliphatic heterocycles. The van der Waals surface area contributed by atoms with Gasteiger partial charge in [0.15, 0.2) is 17.4 Å². The lowest BCUT2D eigenvalue weighted by Crippen LogP contribution is -2.18. The lowest BCUT2D eigenvalue weighted by atomic mass is 9.98. The van der Waals surface area contributed by atoms with E-state index in [0.717, 1.165) is 11.6 Å². The summed E-state index contributed by atoms with van der Waals surface area (Å²) in [5, 5.41) is 0. The average Bonchev–Trinajstić information content (AvgIpc) is 2.83. The van der Waals surface area contributed by atoms with E-state index in [2.05, 4.69) is 14.7 Å². The Labute approximate surface area is 191 Å². The molecule has 0 bridgehead atoms. The van der Waals surface area contributed by atoms with Crippen LogP contribution in [0.2, 0.25) is 0 Å². The molecule has 0 saturated carbocycles. The average molecular weight is 466 g/mol. The Morgan fingerprint density at radius 1 is 1.03 bits per heavy atom. The fourth-order valence-corrected chi connectivity index (χ4v) is 3.77.